The van der Waals surface area contributed by atoms with Crippen LogP contribution in [0.15, 0.2) is 23.1 Å². The van der Waals surface area contributed by atoms with E-state index in [4.69, 9.17) is 0 Å². The predicted molar refractivity (Wildman–Crippen MR) is 73.0 cm³/mol. The van der Waals surface area contributed by atoms with Crippen molar-refractivity contribution in [3.63, 3.8) is 0 Å². The van der Waals surface area contributed by atoms with Crippen molar-refractivity contribution in [2.75, 3.05) is 19.4 Å². The van der Waals surface area contributed by atoms with Gasteiger partial charge in [0.1, 0.15) is 0 Å². The fourth-order valence-electron chi connectivity index (χ4n) is 1.80. The molecular weight excluding hydrogens is 305 g/mol. The Balaban J connectivity index is 2.21. The summed E-state index contributed by atoms with van der Waals surface area (Å²) < 4.78 is 37.9. The number of nitrogens with one attached hydrogen (secondary N) is 1. The molecule has 2 rings (SSSR count). The van der Waals surface area contributed by atoms with Gasteiger partial charge in [-0.15, -0.1) is 11.8 Å². The van der Waals surface area contributed by atoms with E-state index < -0.39 is 22.9 Å². The second-order valence-corrected chi connectivity index (χ2v) is 6.04. The third-order valence-corrected chi connectivity index (χ3v) is 4.26. The van der Waals surface area contributed by atoms with Gasteiger partial charge in [0.15, 0.2) is 0 Å². The fourth-order valence-corrected chi connectivity index (χ4v) is 2.88. The lowest BCUT2D eigenvalue weighted by Crippen LogP contribution is -2.34. The number of anilines is 1. The van der Waals surface area contributed by atoms with Crippen molar-refractivity contribution in [2.24, 2.45) is 0 Å². The minimum absolute atomic E-state index is 0.00393. The maximum atomic E-state index is 12.6. The van der Waals surface area contributed by atoms with E-state index >= 15 is 0 Å². The van der Waals surface area contributed by atoms with Crippen LogP contribution in [0.25, 0.3) is 0 Å². The molecule has 8 heteroatoms. The van der Waals surface area contributed by atoms with E-state index in [1.54, 1.807) is 14.1 Å². The highest BCUT2D eigenvalue weighted by molar-refractivity contribution is 8.01. The van der Waals surface area contributed by atoms with E-state index in [-0.39, 0.29) is 18.0 Å². The molecule has 1 aliphatic rings. The number of nitrogens with zero attached hydrogens (tertiary/aromatic N) is 1. The molecule has 0 aromatic heterocycles. The van der Waals surface area contributed by atoms with Crippen LogP contribution in [0.2, 0.25) is 0 Å². The molecule has 0 saturated heterocycles. The lowest BCUT2D eigenvalue weighted by Gasteiger charge is -2.25. The predicted octanol–water partition coefficient (Wildman–Crippen LogP) is 2.60. The Bertz CT molecular complexity index is 587. The maximum Gasteiger partial charge on any atom is 0.416 e. The summed E-state index contributed by atoms with van der Waals surface area (Å²) in [5, 5.41) is 1.80. The molecule has 114 valence electrons. The van der Waals surface area contributed by atoms with Crippen LogP contribution >= 0.6 is 11.8 Å². The van der Waals surface area contributed by atoms with Crippen molar-refractivity contribution in [3.05, 3.63) is 23.8 Å². The highest BCUT2D eigenvalue weighted by Crippen LogP contribution is 2.40. The SMILES string of the molecule is CN(C)C(=O)C[C@H]1Sc2ccc(C(F)(F)F)cc2NC1=O. The van der Waals surface area contributed by atoms with Crippen molar-refractivity contribution in [1.29, 1.82) is 0 Å². The summed E-state index contributed by atoms with van der Waals surface area (Å²) >= 11 is 1.10. The topological polar surface area (TPSA) is 49.4 Å². The normalized spacial score (nSPS) is 18.0. The summed E-state index contributed by atoms with van der Waals surface area (Å²) in [6.45, 7) is 0. The van der Waals surface area contributed by atoms with E-state index in [1.165, 1.54) is 11.0 Å². The average Bonchev–Trinajstić information content (AvgIpc) is 2.37. The number of amides is 2. The highest BCUT2D eigenvalue weighted by Gasteiger charge is 2.34. The quantitative estimate of drug-likeness (QED) is 0.912. The number of hydrogen-bond donors (Lipinski definition) is 1. The number of carbonyl (C=O) groups excluding carboxylic acids is 2. The lowest BCUT2D eigenvalue weighted by atomic mass is 10.1. The Morgan fingerprint density at radius 3 is 2.62 bits per heavy atom. The van der Waals surface area contributed by atoms with E-state index in [1.807, 2.05) is 0 Å². The van der Waals surface area contributed by atoms with E-state index in [2.05, 4.69) is 5.32 Å². The summed E-state index contributed by atoms with van der Waals surface area (Å²) in [4.78, 5) is 25.4. The zero-order valence-electron chi connectivity index (χ0n) is 11.3. The number of thioether (sulfide) groups is 1. The Hall–Kier alpha value is -1.70. The first-order chi connectivity index (χ1) is 9.68. The zero-order chi connectivity index (χ0) is 15.8. The number of carbonyl (C=O) groups is 2. The molecule has 1 heterocycles. The van der Waals surface area contributed by atoms with E-state index in [9.17, 15) is 22.8 Å². The van der Waals surface area contributed by atoms with Gasteiger partial charge in [-0.25, -0.2) is 0 Å². The monoisotopic (exact) mass is 318 g/mol. The number of hydrogen-bond acceptors (Lipinski definition) is 3. The molecule has 0 saturated carbocycles. The molecule has 1 aromatic carbocycles. The molecule has 0 unspecified atom stereocenters. The van der Waals surface area contributed by atoms with Gasteiger partial charge in [-0.05, 0) is 18.2 Å². The van der Waals surface area contributed by atoms with Crippen molar-refractivity contribution in [1.82, 2.24) is 4.90 Å². The minimum Gasteiger partial charge on any atom is -0.349 e. The van der Waals surface area contributed by atoms with Crippen LogP contribution in [-0.4, -0.2) is 36.1 Å². The second kappa shape index (κ2) is 5.59. The molecule has 1 aliphatic heterocycles. The molecule has 0 aliphatic carbocycles. The molecule has 0 fully saturated rings. The van der Waals surface area contributed by atoms with Gasteiger partial charge in [0, 0.05) is 25.4 Å². The van der Waals surface area contributed by atoms with Gasteiger partial charge >= 0.3 is 6.18 Å². The van der Waals surface area contributed by atoms with Gasteiger partial charge in [0.2, 0.25) is 11.8 Å². The summed E-state index contributed by atoms with van der Waals surface area (Å²) in [5.41, 5.74) is -0.682. The van der Waals surface area contributed by atoms with Crippen LogP contribution in [0.1, 0.15) is 12.0 Å². The molecule has 0 radical (unpaired) electrons. The lowest BCUT2D eigenvalue weighted by molar-refractivity contribution is -0.137. The highest BCUT2D eigenvalue weighted by atomic mass is 32.2. The summed E-state index contributed by atoms with van der Waals surface area (Å²) in [5.74, 6) is -0.667. The molecule has 21 heavy (non-hydrogen) atoms. The van der Waals surface area contributed by atoms with Gasteiger partial charge in [-0.1, -0.05) is 0 Å². The smallest absolute Gasteiger partial charge is 0.349 e. The van der Waals surface area contributed by atoms with Crippen LogP contribution in [0, 0.1) is 0 Å². The van der Waals surface area contributed by atoms with Gasteiger partial charge in [-0.3, -0.25) is 9.59 Å². The van der Waals surface area contributed by atoms with Crippen molar-refractivity contribution in [2.45, 2.75) is 22.7 Å². The number of halogens is 3. The summed E-state index contributed by atoms with van der Waals surface area (Å²) in [6, 6.07) is 3.19. The number of fused-ring (bicyclic) bond motifs is 1. The molecule has 0 bridgehead atoms. The maximum absolute atomic E-state index is 12.6. The third kappa shape index (κ3) is 3.49. The number of alkyl halides is 3. The second-order valence-electron chi connectivity index (χ2n) is 4.80. The zero-order valence-corrected chi connectivity index (χ0v) is 12.1. The summed E-state index contributed by atoms with van der Waals surface area (Å²) in [6.07, 6.45) is -4.45. The Morgan fingerprint density at radius 2 is 2.05 bits per heavy atom. The van der Waals surface area contributed by atoms with Crippen LogP contribution in [0.3, 0.4) is 0 Å². The van der Waals surface area contributed by atoms with Crippen molar-refractivity contribution < 1.29 is 22.8 Å². The van der Waals surface area contributed by atoms with Crippen LogP contribution in [0.5, 0.6) is 0 Å². The van der Waals surface area contributed by atoms with Crippen LogP contribution in [-0.2, 0) is 15.8 Å². The third-order valence-electron chi connectivity index (χ3n) is 2.99. The van der Waals surface area contributed by atoms with Gasteiger partial charge < -0.3 is 10.2 Å². The minimum atomic E-state index is -4.46. The van der Waals surface area contributed by atoms with E-state index in [0.29, 0.717) is 4.90 Å². The molecule has 2 amide bonds. The summed E-state index contributed by atoms with van der Waals surface area (Å²) in [7, 11) is 3.16. The average molecular weight is 318 g/mol. The van der Waals surface area contributed by atoms with Crippen LogP contribution in [0.4, 0.5) is 18.9 Å². The number of rotatable bonds is 2. The molecule has 1 atom stereocenters. The molecule has 1 aromatic rings. The first kappa shape index (κ1) is 15.7. The largest absolute Gasteiger partial charge is 0.416 e. The Morgan fingerprint density at radius 1 is 1.38 bits per heavy atom. The standard InChI is InChI=1S/C13H13F3N2O2S/c1-18(2)11(19)6-10-12(20)17-8-5-7(13(14,15)16)3-4-9(8)21-10/h3-5,10H,6H2,1-2H3,(H,17,20)/t10-/m1/s1. The van der Waals surface area contributed by atoms with Gasteiger partial charge in [-0.2, -0.15) is 13.2 Å². The number of benzene rings is 1. The van der Waals surface area contributed by atoms with E-state index in [0.717, 1.165) is 23.9 Å². The Labute approximate surface area is 123 Å². The van der Waals surface area contributed by atoms with Gasteiger partial charge in [0.25, 0.3) is 0 Å². The van der Waals surface area contributed by atoms with Crippen molar-refractivity contribution >= 4 is 29.3 Å². The molecule has 0 spiro atoms. The van der Waals surface area contributed by atoms with Gasteiger partial charge in [0.05, 0.1) is 16.5 Å². The molecule has 1 N–H and O–H groups in total. The van der Waals surface area contributed by atoms with Crippen LogP contribution < -0.4 is 5.32 Å². The first-order valence-corrected chi connectivity index (χ1v) is 6.95. The molecule has 4 nitrogen and oxygen atoms in total. The molecular formula is C13H13F3N2O2S. The Kier molecular flexibility index (Phi) is 4.18. The first-order valence-electron chi connectivity index (χ1n) is 6.07. The van der Waals surface area contributed by atoms with Crippen molar-refractivity contribution in [3.8, 4) is 0 Å². The fraction of sp³-hybridized carbons (Fsp3) is 0.385.